The highest BCUT2D eigenvalue weighted by atomic mass is 16.3. The summed E-state index contributed by atoms with van der Waals surface area (Å²) in [5.41, 5.74) is 2.62. The Kier molecular flexibility index (Phi) is 3.44. The van der Waals surface area contributed by atoms with E-state index in [0.29, 0.717) is 5.92 Å². The summed E-state index contributed by atoms with van der Waals surface area (Å²) in [5.74, 6) is 0.392. The van der Waals surface area contributed by atoms with Crippen molar-refractivity contribution in [2.24, 2.45) is 5.41 Å². The maximum Gasteiger partial charge on any atom is 0.232 e. The van der Waals surface area contributed by atoms with E-state index in [1.165, 1.54) is 5.56 Å². The first-order valence-electron chi connectivity index (χ1n) is 6.51. The lowest BCUT2D eigenvalue weighted by Gasteiger charge is -2.16. The molecule has 0 unspecified atom stereocenters. The summed E-state index contributed by atoms with van der Waals surface area (Å²) in [4.78, 5) is 12.1. The number of aliphatic hydroxyl groups excluding tert-OH is 1. The normalized spacial score (nSPS) is 16.7. The van der Waals surface area contributed by atoms with Crippen LogP contribution in [0.4, 0.5) is 5.69 Å². The van der Waals surface area contributed by atoms with E-state index in [1.807, 2.05) is 19.1 Å². The number of carbonyl (C=O) groups is 1. The van der Waals surface area contributed by atoms with Gasteiger partial charge in [0.15, 0.2) is 0 Å². The van der Waals surface area contributed by atoms with E-state index in [1.54, 1.807) is 0 Å². The SMILES string of the molecule is Cc1ccc(C(C)C)cc1NC(=O)C1(CO)CC1. The van der Waals surface area contributed by atoms with Crippen molar-refractivity contribution in [3.05, 3.63) is 29.3 Å². The number of hydrogen-bond donors (Lipinski definition) is 2. The second kappa shape index (κ2) is 4.73. The van der Waals surface area contributed by atoms with Gasteiger partial charge in [-0.2, -0.15) is 0 Å². The fraction of sp³-hybridized carbons (Fsp3) is 0.533. The van der Waals surface area contributed by atoms with Gasteiger partial charge in [0.2, 0.25) is 5.91 Å². The molecule has 1 aliphatic rings. The molecule has 3 heteroatoms. The zero-order chi connectivity index (χ0) is 13.3. The molecule has 1 aromatic carbocycles. The van der Waals surface area contributed by atoms with E-state index in [9.17, 15) is 9.90 Å². The van der Waals surface area contributed by atoms with E-state index in [4.69, 9.17) is 0 Å². The van der Waals surface area contributed by atoms with Crippen LogP contribution in [0.2, 0.25) is 0 Å². The molecule has 0 atom stereocenters. The number of aliphatic hydroxyl groups is 1. The van der Waals surface area contributed by atoms with E-state index in [-0.39, 0.29) is 12.5 Å². The van der Waals surface area contributed by atoms with Crippen LogP contribution in [0.3, 0.4) is 0 Å². The molecule has 1 fully saturated rings. The van der Waals surface area contributed by atoms with Gasteiger partial charge in [0, 0.05) is 5.69 Å². The minimum absolute atomic E-state index is 0.0472. The summed E-state index contributed by atoms with van der Waals surface area (Å²) in [5, 5.41) is 12.2. The zero-order valence-corrected chi connectivity index (χ0v) is 11.3. The van der Waals surface area contributed by atoms with Gasteiger partial charge in [-0.15, -0.1) is 0 Å². The van der Waals surface area contributed by atoms with E-state index >= 15 is 0 Å². The van der Waals surface area contributed by atoms with Gasteiger partial charge in [-0.25, -0.2) is 0 Å². The molecular formula is C15H21NO2. The van der Waals surface area contributed by atoms with Crippen molar-refractivity contribution in [3.63, 3.8) is 0 Å². The second-order valence-corrected chi connectivity index (χ2v) is 5.62. The van der Waals surface area contributed by atoms with Crippen molar-refractivity contribution in [3.8, 4) is 0 Å². The van der Waals surface area contributed by atoms with Crippen LogP contribution in [0, 0.1) is 12.3 Å². The molecule has 1 amide bonds. The molecule has 0 saturated heterocycles. The number of anilines is 1. The summed E-state index contributed by atoms with van der Waals surface area (Å²) in [7, 11) is 0. The van der Waals surface area contributed by atoms with Crippen LogP contribution in [0.5, 0.6) is 0 Å². The number of nitrogens with one attached hydrogen (secondary N) is 1. The van der Waals surface area contributed by atoms with Gasteiger partial charge >= 0.3 is 0 Å². The first-order valence-corrected chi connectivity index (χ1v) is 6.51. The summed E-state index contributed by atoms with van der Waals surface area (Å²) in [6.07, 6.45) is 1.58. The van der Waals surface area contributed by atoms with Crippen LogP contribution >= 0.6 is 0 Å². The Labute approximate surface area is 108 Å². The molecule has 0 aliphatic heterocycles. The van der Waals surface area contributed by atoms with Crippen LogP contribution in [0.25, 0.3) is 0 Å². The Morgan fingerprint density at radius 2 is 2.11 bits per heavy atom. The van der Waals surface area contributed by atoms with Crippen LogP contribution in [0.15, 0.2) is 18.2 Å². The van der Waals surface area contributed by atoms with Gasteiger partial charge < -0.3 is 10.4 Å². The molecule has 0 heterocycles. The smallest absolute Gasteiger partial charge is 0.232 e. The van der Waals surface area contributed by atoms with Gasteiger partial charge in [0.05, 0.1) is 12.0 Å². The molecule has 1 saturated carbocycles. The number of aryl methyl sites for hydroxylation is 1. The predicted molar refractivity (Wildman–Crippen MR) is 72.7 cm³/mol. The number of hydrogen-bond acceptors (Lipinski definition) is 2. The van der Waals surface area contributed by atoms with E-state index in [0.717, 1.165) is 24.1 Å². The first kappa shape index (κ1) is 13.1. The largest absolute Gasteiger partial charge is 0.395 e. The van der Waals surface area contributed by atoms with E-state index < -0.39 is 5.41 Å². The maximum absolute atomic E-state index is 12.1. The third kappa shape index (κ3) is 2.41. The van der Waals surface area contributed by atoms with Crippen molar-refractivity contribution in [1.29, 1.82) is 0 Å². The Bertz CT molecular complexity index is 462. The van der Waals surface area contributed by atoms with Crippen LogP contribution in [-0.2, 0) is 4.79 Å². The fourth-order valence-electron chi connectivity index (χ4n) is 2.00. The lowest BCUT2D eigenvalue weighted by molar-refractivity contribution is -0.122. The van der Waals surface area contributed by atoms with Gasteiger partial charge in [0.25, 0.3) is 0 Å². The minimum atomic E-state index is -0.514. The number of rotatable bonds is 4. The third-order valence-electron chi connectivity index (χ3n) is 3.81. The van der Waals surface area contributed by atoms with Crippen LogP contribution in [0.1, 0.15) is 43.7 Å². The first-order chi connectivity index (χ1) is 8.48. The predicted octanol–water partition coefficient (Wildman–Crippen LogP) is 2.83. The molecule has 98 valence electrons. The molecule has 1 aromatic rings. The average molecular weight is 247 g/mol. The number of amides is 1. The maximum atomic E-state index is 12.1. The lowest BCUT2D eigenvalue weighted by Crippen LogP contribution is -2.27. The average Bonchev–Trinajstić information content (AvgIpc) is 3.12. The van der Waals surface area contributed by atoms with Gasteiger partial charge in [0.1, 0.15) is 0 Å². The summed E-state index contributed by atoms with van der Waals surface area (Å²) < 4.78 is 0. The molecular weight excluding hydrogens is 226 g/mol. The van der Waals surface area contributed by atoms with Crippen molar-refractivity contribution in [1.82, 2.24) is 0 Å². The highest BCUT2D eigenvalue weighted by Gasteiger charge is 2.49. The van der Waals surface area contributed by atoms with Crippen molar-refractivity contribution in [2.45, 2.75) is 39.5 Å². The molecule has 18 heavy (non-hydrogen) atoms. The summed E-state index contributed by atoms with van der Waals surface area (Å²) in [6, 6.07) is 6.16. The summed E-state index contributed by atoms with van der Waals surface area (Å²) >= 11 is 0. The van der Waals surface area contributed by atoms with Gasteiger partial charge in [-0.05, 0) is 42.9 Å². The van der Waals surface area contributed by atoms with Crippen molar-refractivity contribution < 1.29 is 9.90 Å². The Morgan fingerprint density at radius 3 is 2.61 bits per heavy atom. The molecule has 3 nitrogen and oxygen atoms in total. The van der Waals surface area contributed by atoms with Crippen molar-refractivity contribution >= 4 is 11.6 Å². The Morgan fingerprint density at radius 1 is 1.44 bits per heavy atom. The highest BCUT2D eigenvalue weighted by Crippen LogP contribution is 2.46. The second-order valence-electron chi connectivity index (χ2n) is 5.62. The quantitative estimate of drug-likeness (QED) is 0.859. The molecule has 0 bridgehead atoms. The van der Waals surface area contributed by atoms with Crippen LogP contribution < -0.4 is 5.32 Å². The Hall–Kier alpha value is -1.35. The number of carbonyl (C=O) groups excluding carboxylic acids is 1. The van der Waals surface area contributed by atoms with Gasteiger partial charge in [-0.1, -0.05) is 26.0 Å². The monoisotopic (exact) mass is 247 g/mol. The minimum Gasteiger partial charge on any atom is -0.395 e. The highest BCUT2D eigenvalue weighted by molar-refractivity contribution is 5.97. The molecule has 2 rings (SSSR count). The van der Waals surface area contributed by atoms with Crippen LogP contribution in [-0.4, -0.2) is 17.6 Å². The molecule has 0 spiro atoms. The third-order valence-corrected chi connectivity index (χ3v) is 3.81. The van der Waals surface area contributed by atoms with Gasteiger partial charge in [-0.3, -0.25) is 4.79 Å². The van der Waals surface area contributed by atoms with Crippen molar-refractivity contribution in [2.75, 3.05) is 11.9 Å². The molecule has 2 N–H and O–H groups in total. The zero-order valence-electron chi connectivity index (χ0n) is 11.3. The van der Waals surface area contributed by atoms with E-state index in [2.05, 4.69) is 25.2 Å². The number of benzene rings is 1. The molecule has 0 aromatic heterocycles. The Balaban J connectivity index is 2.18. The standard InChI is InChI=1S/C15H21NO2/c1-10(2)12-5-4-11(3)13(8-12)16-14(18)15(9-17)6-7-15/h4-5,8,10,17H,6-7,9H2,1-3H3,(H,16,18). The molecule has 1 aliphatic carbocycles. The molecule has 0 radical (unpaired) electrons. The summed E-state index contributed by atoms with van der Waals surface area (Å²) in [6.45, 7) is 6.19. The topological polar surface area (TPSA) is 49.3 Å². The fourth-order valence-corrected chi connectivity index (χ4v) is 2.00. The lowest BCUT2D eigenvalue weighted by atomic mass is 10.00.